The minimum Gasteiger partial charge on any atom is -0.388 e. The van der Waals surface area contributed by atoms with E-state index in [0.717, 1.165) is 43.6 Å². The number of ether oxygens (including phenoxy) is 1. The van der Waals surface area contributed by atoms with Crippen LogP contribution in [0.5, 0.6) is 0 Å². The van der Waals surface area contributed by atoms with Gasteiger partial charge in [-0.1, -0.05) is 41.9 Å². The molecule has 1 saturated heterocycles. The Morgan fingerprint density at radius 1 is 0.900 bits per heavy atom. The standard InChI is InChI=1S/C23H19ClN2O4/c24-11-5-8-17-15(9-11)14-7-6-13-12-3-1-2-4-16(12)25-19(13)20(14)26(17)23-22(29)21(28)18(27)10-30-23/h1-9,18,21-23,25,27-29H,10H2. The molecule has 1 aliphatic rings. The summed E-state index contributed by atoms with van der Waals surface area (Å²) in [5.41, 5.74) is 3.61. The summed E-state index contributed by atoms with van der Waals surface area (Å²) in [5, 5.41) is 35.7. The van der Waals surface area contributed by atoms with Crippen LogP contribution in [-0.4, -0.2) is 49.8 Å². The Morgan fingerprint density at radius 2 is 1.70 bits per heavy atom. The first-order valence-electron chi connectivity index (χ1n) is 9.83. The maximum Gasteiger partial charge on any atom is 0.163 e. The number of aromatic amines is 1. The van der Waals surface area contributed by atoms with Crippen LogP contribution in [0, 0.1) is 0 Å². The van der Waals surface area contributed by atoms with Gasteiger partial charge in [0, 0.05) is 32.1 Å². The lowest BCUT2D eigenvalue weighted by Crippen LogP contribution is -2.50. The summed E-state index contributed by atoms with van der Waals surface area (Å²) in [6.45, 7) is -0.0691. The van der Waals surface area contributed by atoms with E-state index in [0.29, 0.717) is 5.02 Å². The van der Waals surface area contributed by atoms with E-state index in [1.54, 1.807) is 6.07 Å². The van der Waals surface area contributed by atoms with E-state index < -0.39 is 24.5 Å². The quantitative estimate of drug-likeness (QED) is 0.331. The monoisotopic (exact) mass is 422 g/mol. The fraction of sp³-hybridized carbons (Fsp3) is 0.217. The van der Waals surface area contributed by atoms with Gasteiger partial charge in [-0.25, -0.2) is 0 Å². The molecule has 0 amide bonds. The lowest BCUT2D eigenvalue weighted by atomic mass is 10.0. The third-order valence-electron chi connectivity index (χ3n) is 6.13. The minimum absolute atomic E-state index is 0.0691. The number of aliphatic hydroxyl groups excluding tert-OH is 3. The van der Waals surface area contributed by atoms with E-state index in [9.17, 15) is 15.3 Å². The third kappa shape index (κ3) is 2.40. The highest BCUT2D eigenvalue weighted by molar-refractivity contribution is 6.32. The zero-order chi connectivity index (χ0) is 20.6. The molecule has 4 N–H and O–H groups in total. The maximum absolute atomic E-state index is 10.8. The third-order valence-corrected chi connectivity index (χ3v) is 6.37. The van der Waals surface area contributed by atoms with Crippen molar-refractivity contribution in [3.05, 3.63) is 59.6 Å². The second kappa shape index (κ2) is 6.44. The first-order valence-corrected chi connectivity index (χ1v) is 10.2. The number of hydrogen-bond acceptors (Lipinski definition) is 4. The number of nitrogens with zero attached hydrogens (tertiary/aromatic N) is 1. The van der Waals surface area contributed by atoms with Crippen LogP contribution in [0.3, 0.4) is 0 Å². The highest BCUT2D eigenvalue weighted by Crippen LogP contribution is 2.41. The van der Waals surface area contributed by atoms with Gasteiger partial charge in [0.25, 0.3) is 0 Å². The van der Waals surface area contributed by atoms with Crippen molar-refractivity contribution in [2.45, 2.75) is 24.5 Å². The number of para-hydroxylation sites is 1. The number of benzene rings is 3. The summed E-state index contributed by atoms with van der Waals surface area (Å²) in [6, 6.07) is 17.8. The van der Waals surface area contributed by atoms with Gasteiger partial charge in [-0.2, -0.15) is 0 Å². The van der Waals surface area contributed by atoms with Crippen LogP contribution >= 0.6 is 11.6 Å². The molecule has 30 heavy (non-hydrogen) atoms. The van der Waals surface area contributed by atoms with Crippen LogP contribution in [0.25, 0.3) is 43.6 Å². The zero-order valence-electron chi connectivity index (χ0n) is 15.8. The summed E-state index contributed by atoms with van der Waals surface area (Å²) >= 11 is 6.30. The lowest BCUT2D eigenvalue weighted by molar-refractivity contribution is -0.208. The number of nitrogens with one attached hydrogen (secondary N) is 1. The number of halogens is 1. The molecule has 3 aromatic carbocycles. The largest absolute Gasteiger partial charge is 0.388 e. The Kier molecular flexibility index (Phi) is 3.90. The van der Waals surface area contributed by atoms with Gasteiger partial charge in [0.15, 0.2) is 6.23 Å². The molecule has 2 aromatic heterocycles. The molecule has 4 unspecified atom stereocenters. The molecule has 6 nitrogen and oxygen atoms in total. The van der Waals surface area contributed by atoms with E-state index in [1.165, 1.54) is 0 Å². The van der Waals surface area contributed by atoms with E-state index in [-0.39, 0.29) is 6.61 Å². The summed E-state index contributed by atoms with van der Waals surface area (Å²) in [7, 11) is 0. The molecule has 0 bridgehead atoms. The van der Waals surface area contributed by atoms with Crippen molar-refractivity contribution in [1.29, 1.82) is 0 Å². The van der Waals surface area contributed by atoms with Crippen LogP contribution in [0.1, 0.15) is 6.23 Å². The lowest BCUT2D eigenvalue weighted by Gasteiger charge is -2.36. The highest BCUT2D eigenvalue weighted by Gasteiger charge is 2.40. The van der Waals surface area contributed by atoms with Gasteiger partial charge in [0.2, 0.25) is 0 Å². The zero-order valence-corrected chi connectivity index (χ0v) is 16.5. The van der Waals surface area contributed by atoms with E-state index >= 15 is 0 Å². The molecule has 7 heteroatoms. The van der Waals surface area contributed by atoms with Crippen LogP contribution in [0.4, 0.5) is 0 Å². The van der Waals surface area contributed by atoms with Gasteiger partial charge in [-0.3, -0.25) is 0 Å². The van der Waals surface area contributed by atoms with Crippen LogP contribution in [-0.2, 0) is 4.74 Å². The van der Waals surface area contributed by atoms with Crippen molar-refractivity contribution in [2.75, 3.05) is 6.61 Å². The number of fused-ring (bicyclic) bond motifs is 7. The smallest absolute Gasteiger partial charge is 0.163 e. The molecule has 0 saturated carbocycles. The van der Waals surface area contributed by atoms with Crippen molar-refractivity contribution in [1.82, 2.24) is 9.55 Å². The summed E-state index contributed by atoms with van der Waals surface area (Å²) in [4.78, 5) is 3.51. The van der Waals surface area contributed by atoms with E-state index in [1.807, 2.05) is 41.0 Å². The molecule has 152 valence electrons. The predicted octanol–water partition coefficient (Wildman–Crippen LogP) is 3.69. The average Bonchev–Trinajstić information content (AvgIpc) is 3.28. The van der Waals surface area contributed by atoms with Crippen LogP contribution < -0.4 is 0 Å². The highest BCUT2D eigenvalue weighted by atomic mass is 35.5. The molecule has 0 radical (unpaired) electrons. The Balaban J connectivity index is 1.76. The van der Waals surface area contributed by atoms with Crippen molar-refractivity contribution >= 4 is 55.2 Å². The Morgan fingerprint density at radius 3 is 2.57 bits per heavy atom. The molecule has 1 fully saturated rings. The van der Waals surface area contributed by atoms with Gasteiger partial charge in [0.05, 0.1) is 23.2 Å². The molecule has 5 aromatic rings. The minimum atomic E-state index is -1.30. The van der Waals surface area contributed by atoms with Crippen LogP contribution in [0.15, 0.2) is 54.6 Å². The number of rotatable bonds is 1. The van der Waals surface area contributed by atoms with Gasteiger partial charge in [-0.05, 0) is 24.3 Å². The Hall–Kier alpha value is -2.61. The molecule has 0 aliphatic carbocycles. The molecular formula is C23H19ClN2O4. The number of aromatic nitrogens is 2. The summed E-state index contributed by atoms with van der Waals surface area (Å²) in [5.74, 6) is 0. The van der Waals surface area contributed by atoms with Crippen LogP contribution in [0.2, 0.25) is 5.02 Å². The number of aliphatic hydroxyl groups is 3. The fourth-order valence-corrected chi connectivity index (χ4v) is 4.88. The van der Waals surface area contributed by atoms with Gasteiger partial charge < -0.3 is 29.6 Å². The van der Waals surface area contributed by atoms with Gasteiger partial charge >= 0.3 is 0 Å². The molecule has 4 atom stereocenters. The maximum atomic E-state index is 10.8. The predicted molar refractivity (Wildman–Crippen MR) is 117 cm³/mol. The number of hydrogen-bond donors (Lipinski definition) is 4. The van der Waals surface area contributed by atoms with E-state index in [2.05, 4.69) is 17.1 Å². The second-order valence-electron chi connectivity index (χ2n) is 7.86. The molecular weight excluding hydrogens is 404 g/mol. The van der Waals surface area contributed by atoms with Crippen molar-refractivity contribution in [3.8, 4) is 0 Å². The summed E-state index contributed by atoms with van der Waals surface area (Å²) < 4.78 is 7.74. The summed E-state index contributed by atoms with van der Waals surface area (Å²) in [6.07, 6.45) is -4.58. The first kappa shape index (κ1) is 18.2. The first-order chi connectivity index (χ1) is 14.5. The molecule has 1 aliphatic heterocycles. The van der Waals surface area contributed by atoms with Gasteiger partial charge in [-0.15, -0.1) is 0 Å². The van der Waals surface area contributed by atoms with E-state index in [4.69, 9.17) is 16.3 Å². The molecule has 6 rings (SSSR count). The van der Waals surface area contributed by atoms with Crippen molar-refractivity contribution in [3.63, 3.8) is 0 Å². The normalized spacial score (nSPS) is 25.1. The van der Waals surface area contributed by atoms with Crippen molar-refractivity contribution in [2.24, 2.45) is 0 Å². The molecule has 0 spiro atoms. The SMILES string of the molecule is OC1COC(n2c3ccc(Cl)cc3c3ccc4c5ccccc5[nH]c4c32)C(O)C1O. The second-order valence-corrected chi connectivity index (χ2v) is 8.30. The number of H-pyrrole nitrogens is 1. The molecule has 3 heterocycles. The van der Waals surface area contributed by atoms with Crippen molar-refractivity contribution < 1.29 is 20.1 Å². The Labute approximate surface area is 175 Å². The fourth-order valence-electron chi connectivity index (χ4n) is 4.71. The average molecular weight is 423 g/mol. The van der Waals surface area contributed by atoms with Gasteiger partial charge in [0.1, 0.15) is 18.3 Å². The Bertz CT molecular complexity index is 1440. The topological polar surface area (TPSA) is 90.6 Å².